The molecule has 8 N–H and O–H groups in total. The molecule has 4 rings (SSSR count). The van der Waals surface area contributed by atoms with Crippen LogP contribution in [0.2, 0.25) is 0 Å². The van der Waals surface area contributed by atoms with E-state index in [1.54, 1.807) is 0 Å². The number of aromatic nitrogens is 2. The molecule has 2 aliphatic carbocycles. The molecule has 150 valence electrons. The Labute approximate surface area is 163 Å². The van der Waals surface area contributed by atoms with Crippen molar-refractivity contribution in [3.8, 4) is 0 Å². The van der Waals surface area contributed by atoms with Crippen molar-refractivity contribution in [2.75, 3.05) is 22.7 Å². The van der Waals surface area contributed by atoms with E-state index in [4.69, 9.17) is 5.84 Å². The van der Waals surface area contributed by atoms with E-state index in [2.05, 4.69) is 26.0 Å². The van der Waals surface area contributed by atoms with Crippen LogP contribution in [0, 0.1) is 5.92 Å². The van der Waals surface area contributed by atoms with Crippen molar-refractivity contribution in [3.05, 3.63) is 41.7 Å². The fourth-order valence-corrected chi connectivity index (χ4v) is 4.25. The molecule has 1 heterocycles. The van der Waals surface area contributed by atoms with Crippen molar-refractivity contribution in [2.45, 2.75) is 43.6 Å². The molecule has 0 spiro atoms. The lowest BCUT2D eigenvalue weighted by Gasteiger charge is -2.22. The molecule has 0 bridgehead atoms. The number of nitrogen functional groups attached to an aromatic ring is 1. The van der Waals surface area contributed by atoms with Gasteiger partial charge in [-0.3, -0.25) is 5.84 Å². The number of rotatable bonds is 6. The normalized spacial score (nSPS) is 28.8. The van der Waals surface area contributed by atoms with E-state index in [-0.39, 0.29) is 24.6 Å². The van der Waals surface area contributed by atoms with Gasteiger partial charge in [-0.05, 0) is 24.0 Å². The number of aliphatic hydroxyl groups is 3. The van der Waals surface area contributed by atoms with E-state index in [0.29, 0.717) is 36.6 Å². The second-order valence-electron chi connectivity index (χ2n) is 7.51. The van der Waals surface area contributed by atoms with E-state index < -0.39 is 12.2 Å². The van der Waals surface area contributed by atoms with Crippen LogP contribution in [-0.2, 0) is 6.42 Å². The van der Waals surface area contributed by atoms with Crippen LogP contribution >= 0.6 is 0 Å². The molecular weight excluding hydrogens is 360 g/mol. The average Bonchev–Trinajstić information content (AvgIpc) is 3.21. The summed E-state index contributed by atoms with van der Waals surface area (Å²) < 4.78 is 0. The van der Waals surface area contributed by atoms with Crippen molar-refractivity contribution in [2.24, 2.45) is 11.8 Å². The molecule has 0 amide bonds. The number of nitrogens with two attached hydrogens (primary N) is 1. The van der Waals surface area contributed by atoms with Gasteiger partial charge in [0, 0.05) is 25.0 Å². The van der Waals surface area contributed by atoms with Crippen molar-refractivity contribution < 1.29 is 15.3 Å². The Hall–Kier alpha value is -2.46. The molecular formula is C19H26N6O3. The predicted molar refractivity (Wildman–Crippen MR) is 106 cm³/mol. The molecule has 5 atom stereocenters. The van der Waals surface area contributed by atoms with Gasteiger partial charge < -0.3 is 31.4 Å². The van der Waals surface area contributed by atoms with Crippen LogP contribution in [0.3, 0.4) is 0 Å². The van der Waals surface area contributed by atoms with Crippen molar-refractivity contribution in [1.29, 1.82) is 0 Å². The SMILES string of the molecule is NNc1c(NC2CC(O)C(CO)C2)ncnc1N[C@@H]1c2ccccc2C[C@@H]1O. The summed E-state index contributed by atoms with van der Waals surface area (Å²) in [6.45, 7) is -0.0447. The Morgan fingerprint density at radius 1 is 1.04 bits per heavy atom. The van der Waals surface area contributed by atoms with Crippen LogP contribution < -0.4 is 21.9 Å². The molecule has 0 saturated heterocycles. The topological polar surface area (TPSA) is 149 Å². The monoisotopic (exact) mass is 386 g/mol. The van der Waals surface area contributed by atoms with E-state index in [9.17, 15) is 15.3 Å². The highest BCUT2D eigenvalue weighted by atomic mass is 16.3. The van der Waals surface area contributed by atoms with Crippen molar-refractivity contribution in [1.82, 2.24) is 9.97 Å². The Morgan fingerprint density at radius 2 is 1.79 bits per heavy atom. The maximum absolute atomic E-state index is 10.5. The first-order valence-corrected chi connectivity index (χ1v) is 9.50. The highest BCUT2D eigenvalue weighted by molar-refractivity contribution is 5.77. The van der Waals surface area contributed by atoms with E-state index >= 15 is 0 Å². The first-order chi connectivity index (χ1) is 13.6. The minimum Gasteiger partial charge on any atom is -0.396 e. The lowest BCUT2D eigenvalue weighted by atomic mass is 10.1. The van der Waals surface area contributed by atoms with Gasteiger partial charge in [0.1, 0.15) is 12.0 Å². The summed E-state index contributed by atoms with van der Waals surface area (Å²) in [6.07, 6.45) is 2.07. The minimum atomic E-state index is -0.565. The molecule has 2 aromatic rings. The summed E-state index contributed by atoms with van der Waals surface area (Å²) in [5, 5.41) is 36.4. The van der Waals surface area contributed by atoms with Crippen molar-refractivity contribution >= 4 is 17.3 Å². The summed E-state index contributed by atoms with van der Waals surface area (Å²) in [5.41, 5.74) is 5.28. The van der Waals surface area contributed by atoms with Crippen LogP contribution in [0.15, 0.2) is 30.6 Å². The summed E-state index contributed by atoms with van der Waals surface area (Å²) in [6, 6.07) is 7.59. The number of nitrogens with one attached hydrogen (secondary N) is 3. The smallest absolute Gasteiger partial charge is 0.157 e. The Bertz CT molecular complexity index is 835. The lowest BCUT2D eigenvalue weighted by molar-refractivity contribution is 0.0908. The van der Waals surface area contributed by atoms with Gasteiger partial charge in [-0.2, -0.15) is 0 Å². The maximum Gasteiger partial charge on any atom is 0.157 e. The maximum atomic E-state index is 10.5. The fraction of sp³-hybridized carbons (Fsp3) is 0.474. The quantitative estimate of drug-likeness (QED) is 0.276. The molecule has 28 heavy (non-hydrogen) atoms. The van der Waals surface area contributed by atoms with Crippen LogP contribution in [0.4, 0.5) is 17.3 Å². The van der Waals surface area contributed by atoms with Gasteiger partial charge in [0.2, 0.25) is 0 Å². The number of anilines is 3. The molecule has 1 aromatic heterocycles. The van der Waals surface area contributed by atoms with Crippen LogP contribution in [0.25, 0.3) is 0 Å². The molecule has 1 saturated carbocycles. The standard InChI is InChI=1S/C19H26N6O3/c20-25-17-18(23-12-5-11(8-26)14(27)7-12)21-9-22-19(17)24-16-13-4-2-1-3-10(13)6-15(16)28/h1-4,9,11-12,14-16,25-28H,5-8,20H2,(H2,21,22,23,24)/t11?,12?,14?,15-,16+/m0/s1. The zero-order chi connectivity index (χ0) is 19.7. The highest BCUT2D eigenvalue weighted by Gasteiger charge is 2.34. The third-order valence-corrected chi connectivity index (χ3v) is 5.72. The van der Waals surface area contributed by atoms with Crippen LogP contribution in [0.1, 0.15) is 30.0 Å². The van der Waals surface area contributed by atoms with E-state index in [0.717, 1.165) is 11.1 Å². The van der Waals surface area contributed by atoms with Crippen LogP contribution in [0.5, 0.6) is 0 Å². The number of aliphatic hydroxyl groups excluding tert-OH is 3. The number of hydrazine groups is 1. The van der Waals surface area contributed by atoms with Gasteiger partial charge in [0.15, 0.2) is 11.6 Å². The number of hydrogen-bond donors (Lipinski definition) is 7. The summed E-state index contributed by atoms with van der Waals surface area (Å²) in [7, 11) is 0. The number of fused-ring (bicyclic) bond motifs is 1. The molecule has 9 heteroatoms. The van der Waals surface area contributed by atoms with Gasteiger partial charge in [0.05, 0.1) is 18.2 Å². The van der Waals surface area contributed by atoms with E-state index in [1.165, 1.54) is 6.33 Å². The third-order valence-electron chi connectivity index (χ3n) is 5.72. The minimum absolute atomic E-state index is 0.0280. The average molecular weight is 386 g/mol. The first-order valence-electron chi connectivity index (χ1n) is 9.50. The Balaban J connectivity index is 1.55. The molecule has 1 fully saturated rings. The zero-order valence-corrected chi connectivity index (χ0v) is 15.4. The van der Waals surface area contributed by atoms with Gasteiger partial charge in [-0.15, -0.1) is 0 Å². The van der Waals surface area contributed by atoms with Gasteiger partial charge in [0.25, 0.3) is 0 Å². The Morgan fingerprint density at radius 3 is 2.50 bits per heavy atom. The second-order valence-corrected chi connectivity index (χ2v) is 7.51. The summed E-state index contributed by atoms with van der Waals surface area (Å²) in [4.78, 5) is 8.57. The third kappa shape index (κ3) is 3.49. The summed E-state index contributed by atoms with van der Waals surface area (Å²) >= 11 is 0. The highest BCUT2D eigenvalue weighted by Crippen LogP contribution is 2.37. The van der Waals surface area contributed by atoms with Gasteiger partial charge in [-0.1, -0.05) is 24.3 Å². The molecule has 0 radical (unpaired) electrons. The van der Waals surface area contributed by atoms with Crippen molar-refractivity contribution in [3.63, 3.8) is 0 Å². The van der Waals surface area contributed by atoms with Crippen LogP contribution in [-0.4, -0.2) is 50.1 Å². The van der Waals surface area contributed by atoms with Gasteiger partial charge >= 0.3 is 0 Å². The number of benzene rings is 1. The predicted octanol–water partition coefficient (Wildman–Crippen LogP) is 0.376. The number of hydrogen-bond acceptors (Lipinski definition) is 9. The summed E-state index contributed by atoms with van der Waals surface area (Å²) in [5.74, 6) is 6.60. The lowest BCUT2D eigenvalue weighted by Crippen LogP contribution is -2.25. The number of nitrogens with zero attached hydrogens (tertiary/aromatic N) is 2. The zero-order valence-electron chi connectivity index (χ0n) is 15.4. The fourth-order valence-electron chi connectivity index (χ4n) is 4.25. The second kappa shape index (κ2) is 7.88. The Kier molecular flexibility index (Phi) is 5.31. The van der Waals surface area contributed by atoms with Gasteiger partial charge in [-0.25, -0.2) is 9.97 Å². The molecule has 3 unspecified atom stereocenters. The molecule has 9 nitrogen and oxygen atoms in total. The largest absolute Gasteiger partial charge is 0.396 e. The molecule has 1 aromatic carbocycles. The van der Waals surface area contributed by atoms with E-state index in [1.807, 2.05) is 24.3 Å². The first kappa shape index (κ1) is 18.9. The molecule has 2 aliphatic rings. The molecule has 0 aliphatic heterocycles.